The third kappa shape index (κ3) is 3.08. The molecule has 0 atom stereocenters. The number of amides is 1. The van der Waals surface area contributed by atoms with Gasteiger partial charge in [0.1, 0.15) is 5.75 Å². The zero-order chi connectivity index (χ0) is 14.8. The van der Waals surface area contributed by atoms with Gasteiger partial charge in [-0.3, -0.25) is 4.79 Å². The van der Waals surface area contributed by atoms with Crippen LogP contribution in [0.25, 0.3) is 0 Å². The van der Waals surface area contributed by atoms with Gasteiger partial charge in [-0.15, -0.1) is 11.3 Å². The summed E-state index contributed by atoms with van der Waals surface area (Å²) in [4.78, 5) is 15.7. The Hall–Kier alpha value is -2.28. The highest BCUT2D eigenvalue weighted by Gasteiger charge is 2.17. The molecule has 7 heteroatoms. The molecule has 0 aliphatic carbocycles. The van der Waals surface area contributed by atoms with E-state index in [4.69, 9.17) is 10.5 Å². The van der Waals surface area contributed by atoms with Crippen LogP contribution < -0.4 is 21.1 Å². The van der Waals surface area contributed by atoms with E-state index in [0.717, 1.165) is 29.4 Å². The number of rotatable bonds is 4. The molecule has 1 aromatic carbocycles. The monoisotopic (exact) mass is 304 g/mol. The predicted octanol–water partition coefficient (Wildman–Crippen LogP) is 2.02. The lowest BCUT2D eigenvalue weighted by Gasteiger charge is -2.20. The van der Waals surface area contributed by atoms with Gasteiger partial charge < -0.3 is 21.1 Å². The van der Waals surface area contributed by atoms with E-state index in [-0.39, 0.29) is 12.5 Å². The Morgan fingerprint density at radius 3 is 3.14 bits per heavy atom. The quantitative estimate of drug-likeness (QED) is 0.752. The topological polar surface area (TPSA) is 89.3 Å². The number of aryl methyl sites for hydroxylation is 1. The summed E-state index contributed by atoms with van der Waals surface area (Å²) in [5.41, 5.74) is 9.07. The third-order valence-electron chi connectivity index (χ3n) is 3.11. The molecular formula is C14H16N4O2S. The SMILES string of the molecule is Cc1csc(CCNc2cc3c(cc2N)OCC(=O)N3)n1. The Balaban J connectivity index is 1.67. The zero-order valence-electron chi connectivity index (χ0n) is 11.6. The molecule has 2 aromatic rings. The highest BCUT2D eigenvalue weighted by Crippen LogP contribution is 2.35. The van der Waals surface area contributed by atoms with Crippen molar-refractivity contribution in [1.82, 2.24) is 4.98 Å². The molecule has 1 aliphatic rings. The van der Waals surface area contributed by atoms with Gasteiger partial charge in [0.2, 0.25) is 0 Å². The lowest BCUT2D eigenvalue weighted by atomic mass is 10.2. The second kappa shape index (κ2) is 5.61. The molecule has 1 amide bonds. The minimum atomic E-state index is -0.156. The molecule has 1 aliphatic heterocycles. The zero-order valence-corrected chi connectivity index (χ0v) is 12.4. The number of nitrogens with zero attached hydrogens (tertiary/aromatic N) is 1. The second-order valence-electron chi connectivity index (χ2n) is 4.83. The summed E-state index contributed by atoms with van der Waals surface area (Å²) < 4.78 is 5.32. The van der Waals surface area contributed by atoms with E-state index < -0.39 is 0 Å². The molecule has 0 radical (unpaired) electrons. The fraction of sp³-hybridized carbons (Fsp3) is 0.286. The predicted molar refractivity (Wildman–Crippen MR) is 84.0 cm³/mol. The van der Waals surface area contributed by atoms with Crippen molar-refractivity contribution in [2.24, 2.45) is 0 Å². The van der Waals surface area contributed by atoms with Gasteiger partial charge in [0, 0.05) is 30.1 Å². The number of nitrogens with two attached hydrogens (primary N) is 1. The van der Waals surface area contributed by atoms with Gasteiger partial charge in [-0.25, -0.2) is 4.98 Å². The van der Waals surface area contributed by atoms with E-state index in [2.05, 4.69) is 15.6 Å². The van der Waals surface area contributed by atoms with Crippen LogP contribution in [0.15, 0.2) is 17.5 Å². The summed E-state index contributed by atoms with van der Waals surface area (Å²) in [6.45, 7) is 2.74. The van der Waals surface area contributed by atoms with Gasteiger partial charge in [-0.05, 0) is 13.0 Å². The van der Waals surface area contributed by atoms with Gasteiger partial charge in [0.15, 0.2) is 6.61 Å². The van der Waals surface area contributed by atoms with Crippen LogP contribution in [0.3, 0.4) is 0 Å². The molecule has 2 heterocycles. The molecular weight excluding hydrogens is 288 g/mol. The van der Waals surface area contributed by atoms with Crippen LogP contribution in [0.2, 0.25) is 0 Å². The van der Waals surface area contributed by atoms with Crippen molar-refractivity contribution in [1.29, 1.82) is 0 Å². The van der Waals surface area contributed by atoms with Gasteiger partial charge in [-0.2, -0.15) is 0 Å². The highest BCUT2D eigenvalue weighted by molar-refractivity contribution is 7.09. The molecule has 0 fully saturated rings. The highest BCUT2D eigenvalue weighted by atomic mass is 32.1. The van der Waals surface area contributed by atoms with Crippen LogP contribution in [0.4, 0.5) is 17.1 Å². The fourth-order valence-electron chi connectivity index (χ4n) is 2.12. The average molecular weight is 304 g/mol. The number of anilines is 3. The Bertz CT molecular complexity index is 684. The number of hydrogen-bond acceptors (Lipinski definition) is 6. The molecule has 0 bridgehead atoms. The van der Waals surface area contributed by atoms with Crippen molar-refractivity contribution in [3.63, 3.8) is 0 Å². The molecule has 0 unspecified atom stereocenters. The van der Waals surface area contributed by atoms with E-state index >= 15 is 0 Å². The Kier molecular flexibility index (Phi) is 3.66. The maximum atomic E-state index is 11.3. The molecule has 1 aromatic heterocycles. The van der Waals surface area contributed by atoms with Gasteiger partial charge in [-0.1, -0.05) is 0 Å². The second-order valence-corrected chi connectivity index (χ2v) is 5.77. The standard InChI is InChI=1S/C14H16N4O2S/c1-8-7-21-14(17-8)2-3-16-10-5-11-12(4-9(10)15)20-6-13(19)18-11/h4-5,7,16H,2-3,6,15H2,1H3,(H,18,19). The Morgan fingerprint density at radius 1 is 1.52 bits per heavy atom. The number of aromatic nitrogens is 1. The maximum Gasteiger partial charge on any atom is 0.262 e. The maximum absolute atomic E-state index is 11.3. The van der Waals surface area contributed by atoms with E-state index in [1.807, 2.05) is 12.3 Å². The summed E-state index contributed by atoms with van der Waals surface area (Å²) in [6.07, 6.45) is 0.831. The van der Waals surface area contributed by atoms with Crippen LogP contribution in [-0.4, -0.2) is 24.0 Å². The number of benzene rings is 1. The largest absolute Gasteiger partial charge is 0.482 e. The number of carbonyl (C=O) groups excluding carboxylic acids is 1. The fourth-order valence-corrected chi connectivity index (χ4v) is 2.89. The lowest BCUT2D eigenvalue weighted by molar-refractivity contribution is -0.118. The average Bonchev–Trinajstić information content (AvgIpc) is 2.85. The number of fused-ring (bicyclic) bond motifs is 1. The number of thiazole rings is 1. The first-order valence-corrected chi connectivity index (χ1v) is 7.51. The number of nitrogen functional groups attached to an aromatic ring is 1. The smallest absolute Gasteiger partial charge is 0.262 e. The van der Waals surface area contributed by atoms with Crippen molar-refractivity contribution < 1.29 is 9.53 Å². The van der Waals surface area contributed by atoms with Crippen LogP contribution >= 0.6 is 11.3 Å². The van der Waals surface area contributed by atoms with E-state index in [1.54, 1.807) is 23.5 Å². The first-order valence-electron chi connectivity index (χ1n) is 6.63. The molecule has 4 N–H and O–H groups in total. The number of carbonyl (C=O) groups is 1. The molecule has 110 valence electrons. The summed E-state index contributed by atoms with van der Waals surface area (Å²) in [5, 5.41) is 9.17. The van der Waals surface area contributed by atoms with Crippen molar-refractivity contribution in [2.75, 3.05) is 29.5 Å². The minimum absolute atomic E-state index is 0.0304. The van der Waals surface area contributed by atoms with Crippen molar-refractivity contribution in [3.05, 3.63) is 28.2 Å². The first kappa shape index (κ1) is 13.7. The summed E-state index contributed by atoms with van der Waals surface area (Å²) >= 11 is 1.65. The van der Waals surface area contributed by atoms with Crippen LogP contribution in [-0.2, 0) is 11.2 Å². The summed E-state index contributed by atoms with van der Waals surface area (Å²) in [6, 6.07) is 3.53. The summed E-state index contributed by atoms with van der Waals surface area (Å²) in [5.74, 6) is 0.449. The van der Waals surface area contributed by atoms with E-state index in [1.165, 1.54) is 0 Å². The lowest BCUT2D eigenvalue weighted by Crippen LogP contribution is -2.25. The number of nitrogens with one attached hydrogen (secondary N) is 2. The van der Waals surface area contributed by atoms with E-state index in [0.29, 0.717) is 17.1 Å². The number of ether oxygens (including phenoxy) is 1. The Labute approximate surface area is 126 Å². The minimum Gasteiger partial charge on any atom is -0.482 e. The van der Waals surface area contributed by atoms with Crippen molar-refractivity contribution in [2.45, 2.75) is 13.3 Å². The normalized spacial score (nSPS) is 13.3. The third-order valence-corrected chi connectivity index (χ3v) is 4.13. The molecule has 21 heavy (non-hydrogen) atoms. The molecule has 0 spiro atoms. The van der Waals surface area contributed by atoms with E-state index in [9.17, 15) is 4.79 Å². The molecule has 6 nitrogen and oxygen atoms in total. The van der Waals surface area contributed by atoms with Crippen LogP contribution in [0.1, 0.15) is 10.7 Å². The van der Waals surface area contributed by atoms with Crippen LogP contribution in [0.5, 0.6) is 5.75 Å². The van der Waals surface area contributed by atoms with Crippen molar-refractivity contribution >= 4 is 34.3 Å². The van der Waals surface area contributed by atoms with Gasteiger partial charge >= 0.3 is 0 Å². The van der Waals surface area contributed by atoms with Crippen LogP contribution in [0, 0.1) is 6.92 Å². The first-order chi connectivity index (χ1) is 10.1. The van der Waals surface area contributed by atoms with Crippen molar-refractivity contribution in [3.8, 4) is 5.75 Å². The number of hydrogen-bond donors (Lipinski definition) is 3. The molecule has 0 saturated heterocycles. The van der Waals surface area contributed by atoms with Gasteiger partial charge in [0.05, 0.1) is 22.1 Å². The van der Waals surface area contributed by atoms with Gasteiger partial charge in [0.25, 0.3) is 5.91 Å². The molecule has 0 saturated carbocycles. The molecule has 3 rings (SSSR count). The summed E-state index contributed by atoms with van der Waals surface area (Å²) in [7, 11) is 0. The Morgan fingerprint density at radius 2 is 2.38 bits per heavy atom.